The predicted octanol–water partition coefficient (Wildman–Crippen LogP) is 3.50. The van der Waals surface area contributed by atoms with Crippen molar-refractivity contribution < 1.29 is 10.3 Å². The van der Waals surface area contributed by atoms with Gasteiger partial charge in [0.1, 0.15) is 0 Å². The van der Waals surface area contributed by atoms with Crippen LogP contribution in [-0.4, -0.2) is 21.6 Å². The van der Waals surface area contributed by atoms with Crippen LogP contribution in [0.2, 0.25) is 0 Å². The zero-order valence-electron chi connectivity index (χ0n) is 12.2. The van der Waals surface area contributed by atoms with Crippen molar-refractivity contribution in [2.45, 2.75) is 64.9 Å². The van der Waals surface area contributed by atoms with Crippen molar-refractivity contribution >= 4 is 5.71 Å². The molecule has 1 fully saturated rings. The minimum atomic E-state index is -0.748. The molecule has 4 atom stereocenters. The van der Waals surface area contributed by atoms with E-state index < -0.39 is 5.60 Å². The Kier molecular flexibility index (Phi) is 2.83. The van der Waals surface area contributed by atoms with Gasteiger partial charge in [-0.15, -0.1) is 0 Å². The highest BCUT2D eigenvalue weighted by Gasteiger charge is 2.52. The Bertz CT molecular complexity index is 467. The van der Waals surface area contributed by atoms with Gasteiger partial charge in [-0.3, -0.25) is 0 Å². The summed E-state index contributed by atoms with van der Waals surface area (Å²) in [4.78, 5) is 0. The van der Waals surface area contributed by atoms with Crippen LogP contribution in [0.5, 0.6) is 0 Å². The highest BCUT2D eigenvalue weighted by Crippen LogP contribution is 2.57. The van der Waals surface area contributed by atoms with E-state index in [1.165, 1.54) is 12.0 Å². The summed E-state index contributed by atoms with van der Waals surface area (Å²) >= 11 is 0. The molecule has 0 aromatic heterocycles. The molecule has 19 heavy (non-hydrogen) atoms. The van der Waals surface area contributed by atoms with Gasteiger partial charge >= 0.3 is 0 Å². The second-order valence-corrected chi connectivity index (χ2v) is 7.75. The number of oxime groups is 1. The molecule has 4 unspecified atom stereocenters. The van der Waals surface area contributed by atoms with Crippen molar-refractivity contribution in [3.8, 4) is 0 Å². The van der Waals surface area contributed by atoms with Gasteiger partial charge in [0.05, 0.1) is 11.3 Å². The molecule has 0 heterocycles. The lowest BCUT2D eigenvalue weighted by Crippen LogP contribution is -2.51. The Morgan fingerprint density at radius 2 is 1.89 bits per heavy atom. The molecule has 3 aliphatic carbocycles. The summed E-state index contributed by atoms with van der Waals surface area (Å²) < 4.78 is 0. The topological polar surface area (TPSA) is 52.8 Å². The zero-order chi connectivity index (χ0) is 13.8. The third-order valence-corrected chi connectivity index (χ3v) is 5.25. The fourth-order valence-corrected chi connectivity index (χ4v) is 5.26. The second kappa shape index (κ2) is 4.08. The summed E-state index contributed by atoms with van der Waals surface area (Å²) in [6.45, 7) is 6.75. The standard InChI is InChI=1S/C16H25NO2/c1-10-4-12-8-15(3)6-11(2)7-16(18,9-15)14(12)13(5-10)17-19/h10-11,18-19H,4-9H2,1-3H3. The molecule has 3 aliphatic rings. The maximum Gasteiger partial charge on any atom is 0.0922 e. The molecule has 2 bridgehead atoms. The lowest BCUT2D eigenvalue weighted by molar-refractivity contribution is -0.0451. The normalized spacial score (nSPS) is 48.3. The smallest absolute Gasteiger partial charge is 0.0922 e. The van der Waals surface area contributed by atoms with E-state index in [9.17, 15) is 10.3 Å². The van der Waals surface area contributed by atoms with Crippen LogP contribution >= 0.6 is 0 Å². The largest absolute Gasteiger partial charge is 0.411 e. The van der Waals surface area contributed by atoms with Crippen LogP contribution in [-0.2, 0) is 0 Å². The van der Waals surface area contributed by atoms with E-state index in [1.54, 1.807) is 0 Å². The van der Waals surface area contributed by atoms with E-state index in [-0.39, 0.29) is 5.41 Å². The number of allylic oxidation sites excluding steroid dienone is 1. The molecule has 0 aliphatic heterocycles. The summed E-state index contributed by atoms with van der Waals surface area (Å²) in [5.41, 5.74) is 2.57. The van der Waals surface area contributed by atoms with Gasteiger partial charge < -0.3 is 10.3 Å². The third kappa shape index (κ3) is 2.03. The van der Waals surface area contributed by atoms with E-state index in [1.807, 2.05) is 0 Å². The second-order valence-electron chi connectivity index (χ2n) is 7.75. The summed E-state index contributed by atoms with van der Waals surface area (Å²) in [5.74, 6) is 1.06. The molecule has 3 nitrogen and oxygen atoms in total. The van der Waals surface area contributed by atoms with Crippen molar-refractivity contribution in [3.05, 3.63) is 11.1 Å². The van der Waals surface area contributed by atoms with E-state index in [0.29, 0.717) is 11.8 Å². The van der Waals surface area contributed by atoms with Crippen molar-refractivity contribution in [2.75, 3.05) is 0 Å². The van der Waals surface area contributed by atoms with Crippen LogP contribution in [0.4, 0.5) is 0 Å². The minimum absolute atomic E-state index is 0.225. The number of fused-ring (bicyclic) bond motifs is 3. The Labute approximate surface area is 115 Å². The molecule has 106 valence electrons. The molecule has 0 spiro atoms. The number of nitrogens with zero attached hydrogens (tertiary/aromatic N) is 1. The Hall–Kier alpha value is -0.830. The minimum Gasteiger partial charge on any atom is -0.411 e. The number of rotatable bonds is 0. The van der Waals surface area contributed by atoms with Crippen molar-refractivity contribution in [1.82, 2.24) is 0 Å². The monoisotopic (exact) mass is 263 g/mol. The average Bonchev–Trinajstić information content (AvgIpc) is 2.23. The Morgan fingerprint density at radius 3 is 2.58 bits per heavy atom. The molecule has 0 aromatic carbocycles. The molecule has 2 N–H and O–H groups in total. The quantitative estimate of drug-likeness (QED) is 0.519. The van der Waals surface area contributed by atoms with Crippen LogP contribution in [0.3, 0.4) is 0 Å². The Morgan fingerprint density at radius 1 is 1.16 bits per heavy atom. The van der Waals surface area contributed by atoms with Gasteiger partial charge in [0.15, 0.2) is 0 Å². The highest BCUT2D eigenvalue weighted by atomic mass is 16.4. The lowest BCUT2D eigenvalue weighted by Gasteiger charge is -2.53. The molecule has 0 aromatic rings. The SMILES string of the molecule is CC1CC(=NO)C2=C(C1)CC1(C)CC(C)CC2(O)C1. The van der Waals surface area contributed by atoms with Crippen LogP contribution in [0.15, 0.2) is 16.3 Å². The first-order valence-corrected chi connectivity index (χ1v) is 7.51. The maximum absolute atomic E-state index is 11.2. The molecule has 0 amide bonds. The molecule has 3 heteroatoms. The molecular weight excluding hydrogens is 238 g/mol. The first-order valence-electron chi connectivity index (χ1n) is 7.51. The van der Waals surface area contributed by atoms with Crippen molar-refractivity contribution in [2.24, 2.45) is 22.4 Å². The summed E-state index contributed by atoms with van der Waals surface area (Å²) in [6, 6.07) is 0. The van der Waals surface area contributed by atoms with E-state index in [4.69, 9.17) is 0 Å². The average molecular weight is 263 g/mol. The molecular formula is C16H25NO2. The van der Waals surface area contributed by atoms with Gasteiger partial charge in [-0.1, -0.05) is 31.5 Å². The summed E-state index contributed by atoms with van der Waals surface area (Å²) in [5, 5.41) is 24.0. The third-order valence-electron chi connectivity index (χ3n) is 5.25. The number of aliphatic hydroxyl groups is 1. The zero-order valence-corrected chi connectivity index (χ0v) is 12.2. The van der Waals surface area contributed by atoms with Gasteiger partial charge in [0.25, 0.3) is 0 Å². The molecule has 1 saturated carbocycles. The summed E-state index contributed by atoms with van der Waals surface area (Å²) in [7, 11) is 0. The molecule has 0 radical (unpaired) electrons. The van der Waals surface area contributed by atoms with Crippen molar-refractivity contribution in [1.29, 1.82) is 0 Å². The Balaban J connectivity index is 2.12. The highest BCUT2D eigenvalue weighted by molar-refractivity contribution is 6.03. The van der Waals surface area contributed by atoms with Crippen LogP contribution < -0.4 is 0 Å². The lowest BCUT2D eigenvalue weighted by atomic mass is 9.54. The van der Waals surface area contributed by atoms with Gasteiger partial charge in [0, 0.05) is 5.57 Å². The van der Waals surface area contributed by atoms with Crippen LogP contribution in [0, 0.1) is 17.3 Å². The first-order chi connectivity index (χ1) is 8.85. The van der Waals surface area contributed by atoms with Gasteiger partial charge in [-0.2, -0.15) is 0 Å². The first kappa shape index (κ1) is 13.2. The fraction of sp³-hybridized carbons (Fsp3) is 0.812. The number of hydrogen-bond acceptors (Lipinski definition) is 3. The van der Waals surface area contributed by atoms with Gasteiger partial charge in [-0.05, 0) is 55.8 Å². The van der Waals surface area contributed by atoms with E-state index in [2.05, 4.69) is 25.9 Å². The fourth-order valence-electron chi connectivity index (χ4n) is 5.26. The number of hydrogen-bond donors (Lipinski definition) is 2. The van der Waals surface area contributed by atoms with E-state index in [0.717, 1.165) is 43.4 Å². The van der Waals surface area contributed by atoms with Crippen molar-refractivity contribution in [3.63, 3.8) is 0 Å². The van der Waals surface area contributed by atoms with E-state index >= 15 is 0 Å². The van der Waals surface area contributed by atoms with Gasteiger partial charge in [-0.25, -0.2) is 0 Å². The predicted molar refractivity (Wildman–Crippen MR) is 75.3 cm³/mol. The van der Waals surface area contributed by atoms with Crippen LogP contribution in [0.1, 0.15) is 59.3 Å². The maximum atomic E-state index is 11.2. The summed E-state index contributed by atoms with van der Waals surface area (Å²) in [6.07, 6.45) is 5.76. The molecule has 3 rings (SSSR count). The molecule has 0 saturated heterocycles. The van der Waals surface area contributed by atoms with Gasteiger partial charge in [0.2, 0.25) is 0 Å². The van der Waals surface area contributed by atoms with Crippen LogP contribution in [0.25, 0.3) is 0 Å².